The van der Waals surface area contributed by atoms with Gasteiger partial charge >= 0.3 is 0 Å². The fraction of sp³-hybridized carbons (Fsp3) is 0.348. The van der Waals surface area contributed by atoms with E-state index >= 15 is 0 Å². The van der Waals surface area contributed by atoms with E-state index in [1.807, 2.05) is 0 Å². The summed E-state index contributed by atoms with van der Waals surface area (Å²) in [7, 11) is 0. The molecule has 1 saturated carbocycles. The molecule has 2 aliphatic rings. The number of hydrogen-bond donors (Lipinski definition) is 0. The second-order valence-electron chi connectivity index (χ2n) is 8.39. The highest BCUT2D eigenvalue weighted by molar-refractivity contribution is 6.33. The van der Waals surface area contributed by atoms with Crippen molar-refractivity contribution in [1.82, 2.24) is 10.0 Å². The predicted molar refractivity (Wildman–Crippen MR) is 116 cm³/mol. The van der Waals surface area contributed by atoms with Gasteiger partial charge < -0.3 is 0 Å². The van der Waals surface area contributed by atoms with Gasteiger partial charge in [0.2, 0.25) is 0 Å². The molecule has 0 N–H and O–H groups in total. The molecule has 8 nitrogen and oxygen atoms in total. The van der Waals surface area contributed by atoms with Crippen molar-refractivity contribution < 1.29 is 19.3 Å². The van der Waals surface area contributed by atoms with E-state index in [1.54, 1.807) is 18.2 Å². The zero-order valence-corrected chi connectivity index (χ0v) is 18.2. The molecular formula is C23H22ClN3O5. The number of hydrogen-bond acceptors (Lipinski definition) is 5. The Labute approximate surface area is 189 Å². The van der Waals surface area contributed by atoms with Crippen LogP contribution in [0.4, 0.5) is 5.69 Å². The Morgan fingerprint density at radius 3 is 2.41 bits per heavy atom. The summed E-state index contributed by atoms with van der Waals surface area (Å²) in [5.41, 5.74) is 0.617. The molecule has 0 unspecified atom stereocenters. The minimum Gasteiger partial charge on any atom is -0.272 e. The number of hydrazine groups is 1. The third-order valence-electron chi connectivity index (χ3n) is 6.22. The van der Waals surface area contributed by atoms with Crippen LogP contribution in [-0.2, 0) is 16.1 Å². The van der Waals surface area contributed by atoms with E-state index in [-0.39, 0.29) is 34.6 Å². The van der Waals surface area contributed by atoms with Crippen molar-refractivity contribution in [3.05, 3.63) is 74.8 Å². The molecule has 4 rings (SSSR count). The van der Waals surface area contributed by atoms with Crippen molar-refractivity contribution in [2.24, 2.45) is 17.8 Å². The molecule has 2 fully saturated rings. The molecule has 9 heteroatoms. The Hall–Kier alpha value is -3.26. The summed E-state index contributed by atoms with van der Waals surface area (Å²) < 4.78 is 0. The SMILES string of the molecule is C[C@@H]1CC[C@H]2C(=O)N(N(Cc3ccc([N+](=O)[O-])cc3)C(=O)c3ccccc3Cl)C(=O)[C@H]2C1. The highest BCUT2D eigenvalue weighted by Gasteiger charge is 2.52. The molecule has 0 aromatic heterocycles. The second kappa shape index (κ2) is 8.70. The zero-order valence-electron chi connectivity index (χ0n) is 17.4. The van der Waals surface area contributed by atoms with Gasteiger partial charge in [-0.15, -0.1) is 0 Å². The van der Waals surface area contributed by atoms with Crippen molar-refractivity contribution >= 4 is 35.0 Å². The van der Waals surface area contributed by atoms with Gasteiger partial charge in [0.1, 0.15) is 0 Å². The molecule has 3 amide bonds. The van der Waals surface area contributed by atoms with Crippen LogP contribution in [0.15, 0.2) is 48.5 Å². The van der Waals surface area contributed by atoms with Gasteiger partial charge in [-0.3, -0.25) is 24.5 Å². The summed E-state index contributed by atoms with van der Waals surface area (Å²) in [4.78, 5) is 50.4. The van der Waals surface area contributed by atoms with Crippen LogP contribution in [-0.4, -0.2) is 32.7 Å². The lowest BCUT2D eigenvalue weighted by Crippen LogP contribution is -2.49. The number of rotatable bonds is 5. The lowest BCUT2D eigenvalue weighted by molar-refractivity contribution is -0.384. The number of carbonyl (C=O) groups excluding carboxylic acids is 3. The van der Waals surface area contributed by atoms with E-state index in [4.69, 9.17) is 11.6 Å². The molecule has 1 aliphatic carbocycles. The first-order valence-electron chi connectivity index (χ1n) is 10.5. The standard InChI is InChI=1S/C23H22ClN3O5/c1-14-6-11-17-19(12-14)23(30)26(22(17)29)25(21(28)18-4-2-3-5-20(18)24)13-15-7-9-16(10-8-15)27(31)32/h2-5,7-10,14,17,19H,6,11-13H2,1H3/t14-,17-,19+/m1/s1. The summed E-state index contributed by atoms with van der Waals surface area (Å²) in [6.45, 7) is 1.95. The smallest absolute Gasteiger partial charge is 0.272 e. The molecule has 0 spiro atoms. The number of nitro groups is 1. The fourth-order valence-electron chi connectivity index (χ4n) is 4.51. The highest BCUT2D eigenvalue weighted by atomic mass is 35.5. The van der Waals surface area contributed by atoms with Crippen LogP contribution in [0.3, 0.4) is 0 Å². The summed E-state index contributed by atoms with van der Waals surface area (Å²) >= 11 is 6.23. The number of non-ortho nitro benzene ring substituents is 1. The van der Waals surface area contributed by atoms with Gasteiger partial charge in [-0.1, -0.05) is 42.8 Å². The third kappa shape index (κ3) is 3.98. The lowest BCUT2D eigenvalue weighted by Gasteiger charge is -2.31. The van der Waals surface area contributed by atoms with Crippen LogP contribution in [0.5, 0.6) is 0 Å². The maximum absolute atomic E-state index is 13.5. The molecule has 2 aromatic rings. The Balaban J connectivity index is 1.71. The average Bonchev–Trinajstić information content (AvgIpc) is 3.01. The van der Waals surface area contributed by atoms with Crippen LogP contribution in [0, 0.1) is 27.9 Å². The van der Waals surface area contributed by atoms with Crippen LogP contribution in [0.1, 0.15) is 42.1 Å². The molecule has 166 valence electrons. The van der Waals surface area contributed by atoms with Gasteiger partial charge in [0, 0.05) is 12.1 Å². The molecular weight excluding hydrogens is 434 g/mol. The van der Waals surface area contributed by atoms with Gasteiger partial charge in [-0.25, -0.2) is 5.01 Å². The molecule has 0 bridgehead atoms. The molecule has 1 heterocycles. The summed E-state index contributed by atoms with van der Waals surface area (Å²) in [5.74, 6) is -1.89. The van der Waals surface area contributed by atoms with Crippen molar-refractivity contribution in [2.45, 2.75) is 32.7 Å². The molecule has 2 aromatic carbocycles. The van der Waals surface area contributed by atoms with Gasteiger partial charge in [-0.2, -0.15) is 5.01 Å². The van der Waals surface area contributed by atoms with Crippen molar-refractivity contribution in [1.29, 1.82) is 0 Å². The van der Waals surface area contributed by atoms with Gasteiger partial charge in [-0.05, 0) is 42.9 Å². The van der Waals surface area contributed by atoms with E-state index < -0.39 is 22.7 Å². The van der Waals surface area contributed by atoms with Crippen molar-refractivity contribution in [2.75, 3.05) is 0 Å². The number of amides is 3. The van der Waals surface area contributed by atoms with E-state index in [9.17, 15) is 24.5 Å². The largest absolute Gasteiger partial charge is 0.274 e. The lowest BCUT2D eigenvalue weighted by atomic mass is 9.76. The number of imide groups is 1. The fourth-order valence-corrected chi connectivity index (χ4v) is 4.73. The number of halogens is 1. The number of nitro benzene ring substituents is 1. The first-order chi connectivity index (χ1) is 15.3. The van der Waals surface area contributed by atoms with Gasteiger partial charge in [0.15, 0.2) is 0 Å². The number of carbonyl (C=O) groups is 3. The maximum Gasteiger partial charge on any atom is 0.274 e. The van der Waals surface area contributed by atoms with Gasteiger partial charge in [0.25, 0.3) is 23.4 Å². The highest BCUT2D eigenvalue weighted by Crippen LogP contribution is 2.41. The average molecular weight is 456 g/mol. The Morgan fingerprint density at radius 2 is 1.75 bits per heavy atom. The number of benzene rings is 2. The zero-order chi connectivity index (χ0) is 23.0. The molecule has 0 radical (unpaired) electrons. The number of fused-ring (bicyclic) bond motifs is 1. The van der Waals surface area contributed by atoms with Crippen LogP contribution >= 0.6 is 11.6 Å². The molecule has 32 heavy (non-hydrogen) atoms. The topological polar surface area (TPSA) is 101 Å². The van der Waals surface area contributed by atoms with Gasteiger partial charge in [0.05, 0.1) is 33.9 Å². The van der Waals surface area contributed by atoms with Crippen molar-refractivity contribution in [3.63, 3.8) is 0 Å². The van der Waals surface area contributed by atoms with Crippen LogP contribution in [0.25, 0.3) is 0 Å². The van der Waals surface area contributed by atoms with Crippen LogP contribution < -0.4 is 0 Å². The third-order valence-corrected chi connectivity index (χ3v) is 6.55. The minimum absolute atomic E-state index is 0.0916. The first kappa shape index (κ1) is 22.0. The Kier molecular flexibility index (Phi) is 5.97. The van der Waals surface area contributed by atoms with Crippen LogP contribution in [0.2, 0.25) is 5.02 Å². The van der Waals surface area contributed by atoms with E-state index in [2.05, 4.69) is 6.92 Å². The summed E-state index contributed by atoms with van der Waals surface area (Å²) in [5, 5.41) is 13.3. The van der Waals surface area contributed by atoms with E-state index in [0.717, 1.165) is 16.4 Å². The minimum atomic E-state index is -0.581. The first-order valence-corrected chi connectivity index (χ1v) is 10.8. The Morgan fingerprint density at radius 1 is 1.09 bits per heavy atom. The van der Waals surface area contributed by atoms with E-state index in [0.29, 0.717) is 24.3 Å². The molecule has 3 atom stereocenters. The normalized spacial score (nSPS) is 22.6. The molecule has 1 aliphatic heterocycles. The van der Waals surface area contributed by atoms with E-state index in [1.165, 1.54) is 30.3 Å². The molecule has 1 saturated heterocycles. The monoisotopic (exact) mass is 455 g/mol. The Bertz CT molecular complexity index is 1090. The summed E-state index contributed by atoms with van der Waals surface area (Å²) in [6, 6.07) is 12.1. The van der Waals surface area contributed by atoms with Crippen molar-refractivity contribution in [3.8, 4) is 0 Å². The quantitative estimate of drug-likeness (QED) is 0.381. The predicted octanol–water partition coefficient (Wildman–Crippen LogP) is 4.23. The number of nitrogens with zero attached hydrogens (tertiary/aromatic N) is 3. The summed E-state index contributed by atoms with van der Waals surface area (Å²) in [6.07, 6.45) is 2.07. The second-order valence-corrected chi connectivity index (χ2v) is 8.79. The maximum atomic E-state index is 13.5.